The Kier molecular flexibility index (Phi) is 10.0. The highest BCUT2D eigenvalue weighted by atomic mass is 32.2. The van der Waals surface area contributed by atoms with Gasteiger partial charge in [0.25, 0.3) is 5.91 Å². The molecule has 0 saturated heterocycles. The molecule has 3 atom stereocenters. The Morgan fingerprint density at radius 2 is 1.81 bits per heavy atom. The predicted octanol–water partition coefficient (Wildman–Crippen LogP) is 2.67. The van der Waals surface area contributed by atoms with Crippen molar-refractivity contribution in [1.82, 2.24) is 15.6 Å². The van der Waals surface area contributed by atoms with E-state index in [9.17, 15) is 23.1 Å². The number of methoxy groups -OCH3 is 1. The van der Waals surface area contributed by atoms with Gasteiger partial charge in [-0.25, -0.2) is 8.42 Å². The summed E-state index contributed by atoms with van der Waals surface area (Å²) in [5.41, 5.74) is 0.699. The van der Waals surface area contributed by atoms with E-state index in [1.54, 1.807) is 6.92 Å². The molecule has 0 bridgehead atoms. The van der Waals surface area contributed by atoms with E-state index in [1.807, 2.05) is 30.3 Å². The van der Waals surface area contributed by atoms with Crippen molar-refractivity contribution >= 4 is 21.7 Å². The maximum absolute atomic E-state index is 13.4. The maximum Gasteiger partial charge on any atom is 0.256 e. The van der Waals surface area contributed by atoms with Crippen LogP contribution in [0.15, 0.2) is 47.6 Å². The number of benzene rings is 1. The largest absolute Gasteiger partial charge is 0.494 e. The number of aliphatic hydroxyl groups excluding tert-OH is 1. The average Bonchev–Trinajstić information content (AvgIpc) is 2.88. The minimum atomic E-state index is -3.79. The molecule has 1 aliphatic rings. The molecule has 1 heterocycles. The van der Waals surface area contributed by atoms with Gasteiger partial charge in [0.2, 0.25) is 5.91 Å². The molecular weight excluding hydrogens is 494 g/mol. The number of aliphatic hydroxyl groups is 1. The zero-order valence-electron chi connectivity index (χ0n) is 21.6. The van der Waals surface area contributed by atoms with Gasteiger partial charge < -0.3 is 20.5 Å². The summed E-state index contributed by atoms with van der Waals surface area (Å²) in [6, 6.07) is 8.70. The molecule has 37 heavy (non-hydrogen) atoms. The van der Waals surface area contributed by atoms with Gasteiger partial charge in [0.05, 0.1) is 25.5 Å². The molecule has 1 aromatic carbocycles. The third kappa shape index (κ3) is 8.00. The highest BCUT2D eigenvalue weighted by Gasteiger charge is 2.30. The first-order chi connectivity index (χ1) is 17.6. The van der Waals surface area contributed by atoms with Crippen LogP contribution in [-0.4, -0.2) is 61.9 Å². The van der Waals surface area contributed by atoms with E-state index < -0.39 is 33.8 Å². The summed E-state index contributed by atoms with van der Waals surface area (Å²) in [7, 11) is -2.47. The second kappa shape index (κ2) is 13.0. The van der Waals surface area contributed by atoms with Gasteiger partial charge in [0.15, 0.2) is 15.6 Å². The Bertz CT molecular complexity index is 1170. The van der Waals surface area contributed by atoms with Crippen LogP contribution in [-0.2, 0) is 21.1 Å². The van der Waals surface area contributed by atoms with Crippen LogP contribution in [0.25, 0.3) is 0 Å². The van der Waals surface area contributed by atoms with Gasteiger partial charge in [-0.15, -0.1) is 0 Å². The lowest BCUT2D eigenvalue weighted by atomic mass is 9.92. The van der Waals surface area contributed by atoms with Crippen LogP contribution >= 0.6 is 0 Å². The Morgan fingerprint density at radius 1 is 1.14 bits per heavy atom. The van der Waals surface area contributed by atoms with Gasteiger partial charge in [-0.2, -0.15) is 0 Å². The molecule has 9 nitrogen and oxygen atoms in total. The van der Waals surface area contributed by atoms with E-state index >= 15 is 0 Å². The molecule has 3 N–H and O–H groups in total. The number of pyridine rings is 1. The zero-order chi connectivity index (χ0) is 27.0. The molecular formula is C27H37N3O6S. The van der Waals surface area contributed by atoms with E-state index in [0.29, 0.717) is 0 Å². The molecule has 1 aliphatic carbocycles. The summed E-state index contributed by atoms with van der Waals surface area (Å²) in [5, 5.41) is 17.1. The number of nitrogens with one attached hydrogen (secondary N) is 2. The van der Waals surface area contributed by atoms with Crippen molar-refractivity contribution in [3.8, 4) is 5.75 Å². The quantitative estimate of drug-likeness (QED) is 0.406. The fourth-order valence-corrected chi connectivity index (χ4v) is 5.52. The minimum Gasteiger partial charge on any atom is -0.494 e. The third-order valence-electron chi connectivity index (χ3n) is 6.80. The standard InChI is InChI=1S/C27H37N3O6S/c1-18(26(32)29-20-12-8-5-9-13-20)14-22(31)21(15-19-10-6-4-7-11-19)30-27(33)25-23(36-2)16-28-17-24(25)37(3,34)35/h4,6-7,10-11,16-18,20-22,31H,5,8-9,12-15H2,1-3H3,(H,29,32)(H,30,33)/t18-,21+,22-/m1/s1. The van der Waals surface area contributed by atoms with E-state index in [4.69, 9.17) is 4.74 Å². The molecule has 202 valence electrons. The number of hydrogen-bond donors (Lipinski definition) is 3. The van der Waals surface area contributed by atoms with E-state index in [-0.39, 0.29) is 41.0 Å². The smallest absolute Gasteiger partial charge is 0.256 e. The third-order valence-corrected chi connectivity index (χ3v) is 7.90. The number of ether oxygens (including phenoxy) is 1. The summed E-state index contributed by atoms with van der Waals surface area (Å²) in [6.45, 7) is 1.76. The summed E-state index contributed by atoms with van der Waals surface area (Å²) in [4.78, 5) is 29.8. The Labute approximate surface area is 218 Å². The normalized spacial score (nSPS) is 16.9. The van der Waals surface area contributed by atoms with Crippen molar-refractivity contribution in [3.63, 3.8) is 0 Å². The highest BCUT2D eigenvalue weighted by Crippen LogP contribution is 2.25. The molecule has 0 unspecified atom stereocenters. The van der Waals surface area contributed by atoms with Crippen LogP contribution in [0.2, 0.25) is 0 Å². The highest BCUT2D eigenvalue weighted by molar-refractivity contribution is 7.90. The van der Waals surface area contributed by atoms with Crippen molar-refractivity contribution in [2.45, 2.75) is 75.0 Å². The van der Waals surface area contributed by atoms with Crippen LogP contribution in [0.4, 0.5) is 0 Å². The molecule has 2 amide bonds. The number of sulfone groups is 1. The molecule has 0 aliphatic heterocycles. The Morgan fingerprint density at radius 3 is 2.43 bits per heavy atom. The fraction of sp³-hybridized carbons (Fsp3) is 0.519. The monoisotopic (exact) mass is 531 g/mol. The second-order valence-electron chi connectivity index (χ2n) is 9.80. The molecule has 1 fully saturated rings. The summed E-state index contributed by atoms with van der Waals surface area (Å²) in [5.74, 6) is -1.30. The molecule has 10 heteroatoms. The SMILES string of the molecule is COc1cncc(S(C)(=O)=O)c1C(=O)N[C@@H](Cc1ccccc1)[C@H](O)C[C@@H](C)C(=O)NC1CCCCC1. The number of rotatable bonds is 11. The fourth-order valence-electron chi connectivity index (χ4n) is 4.70. The van der Waals surface area contributed by atoms with Crippen molar-refractivity contribution in [2.24, 2.45) is 5.92 Å². The first-order valence-electron chi connectivity index (χ1n) is 12.7. The topological polar surface area (TPSA) is 135 Å². The first-order valence-corrected chi connectivity index (χ1v) is 14.5. The summed E-state index contributed by atoms with van der Waals surface area (Å²) >= 11 is 0. The lowest BCUT2D eigenvalue weighted by Gasteiger charge is -2.28. The van der Waals surface area contributed by atoms with Crippen LogP contribution in [0, 0.1) is 5.92 Å². The number of aromatic nitrogens is 1. The van der Waals surface area contributed by atoms with Crippen molar-refractivity contribution in [1.29, 1.82) is 0 Å². The number of carbonyl (C=O) groups excluding carboxylic acids is 2. The number of nitrogens with zero attached hydrogens (tertiary/aromatic N) is 1. The predicted molar refractivity (Wildman–Crippen MR) is 140 cm³/mol. The van der Waals surface area contributed by atoms with Gasteiger partial charge in [0.1, 0.15) is 10.5 Å². The van der Waals surface area contributed by atoms with Crippen molar-refractivity contribution in [2.75, 3.05) is 13.4 Å². The summed E-state index contributed by atoms with van der Waals surface area (Å²) in [6.07, 6.45) is 8.02. The molecule has 0 spiro atoms. The number of hydrogen-bond acceptors (Lipinski definition) is 7. The maximum atomic E-state index is 13.4. The van der Waals surface area contributed by atoms with Gasteiger partial charge in [0, 0.05) is 24.4 Å². The molecule has 0 radical (unpaired) electrons. The van der Waals surface area contributed by atoms with Crippen LogP contribution in [0.3, 0.4) is 0 Å². The Hall–Kier alpha value is -2.98. The molecule has 3 rings (SSSR count). The van der Waals surface area contributed by atoms with E-state index in [1.165, 1.54) is 19.7 Å². The van der Waals surface area contributed by atoms with Crippen LogP contribution in [0.1, 0.15) is 61.4 Å². The number of carbonyl (C=O) groups is 2. The van der Waals surface area contributed by atoms with E-state index in [2.05, 4.69) is 15.6 Å². The van der Waals surface area contributed by atoms with Crippen LogP contribution < -0.4 is 15.4 Å². The number of amides is 2. The second-order valence-corrected chi connectivity index (χ2v) is 11.8. The van der Waals surface area contributed by atoms with Crippen molar-refractivity contribution in [3.05, 3.63) is 53.9 Å². The van der Waals surface area contributed by atoms with Crippen molar-refractivity contribution < 1.29 is 27.9 Å². The zero-order valence-corrected chi connectivity index (χ0v) is 22.5. The van der Waals surface area contributed by atoms with E-state index in [0.717, 1.165) is 43.7 Å². The van der Waals surface area contributed by atoms with Crippen LogP contribution in [0.5, 0.6) is 5.75 Å². The van der Waals surface area contributed by atoms with Gasteiger partial charge in [-0.3, -0.25) is 14.6 Å². The van der Waals surface area contributed by atoms with Gasteiger partial charge in [-0.1, -0.05) is 56.5 Å². The first kappa shape index (κ1) is 28.6. The Balaban J connectivity index is 1.81. The average molecular weight is 532 g/mol. The lowest BCUT2D eigenvalue weighted by Crippen LogP contribution is -2.47. The lowest BCUT2D eigenvalue weighted by molar-refractivity contribution is -0.126. The minimum absolute atomic E-state index is 0.00797. The molecule has 2 aromatic rings. The molecule has 1 saturated carbocycles. The molecule has 1 aromatic heterocycles. The van der Waals surface area contributed by atoms with Gasteiger partial charge >= 0.3 is 0 Å². The summed E-state index contributed by atoms with van der Waals surface area (Å²) < 4.78 is 29.9. The van der Waals surface area contributed by atoms with Gasteiger partial charge in [-0.05, 0) is 31.2 Å².